The molecule has 12 heteroatoms. The van der Waals surface area contributed by atoms with E-state index in [0.717, 1.165) is 6.07 Å². The van der Waals surface area contributed by atoms with Crippen LogP contribution in [0.1, 0.15) is 55.7 Å². The van der Waals surface area contributed by atoms with Crippen molar-refractivity contribution in [3.05, 3.63) is 65.4 Å². The molecule has 0 aliphatic heterocycles. The highest BCUT2D eigenvalue weighted by atomic mass is 19.4. The van der Waals surface area contributed by atoms with Crippen molar-refractivity contribution in [2.24, 2.45) is 0 Å². The third-order valence-corrected chi connectivity index (χ3v) is 4.81. The lowest BCUT2D eigenvalue weighted by Gasteiger charge is -2.20. The Morgan fingerprint density at radius 1 is 1.11 bits per heavy atom. The van der Waals surface area contributed by atoms with Crippen LogP contribution in [-0.2, 0) is 27.0 Å². The van der Waals surface area contributed by atoms with E-state index in [1.165, 1.54) is 37.4 Å². The van der Waals surface area contributed by atoms with Crippen LogP contribution in [-0.4, -0.2) is 41.7 Å². The molecule has 0 saturated heterocycles. The van der Waals surface area contributed by atoms with Gasteiger partial charge < -0.3 is 24.8 Å². The highest BCUT2D eigenvalue weighted by Crippen LogP contribution is 2.31. The SMILES string of the molecule is C=C(C)[C@H](CC(=O)OC)NC(=O)c1cccc(Oc2cc(CNC(=O)OC(C)(C)C)cc(C(F)(F)F)n2)c1. The van der Waals surface area contributed by atoms with Crippen molar-refractivity contribution < 1.29 is 41.8 Å². The van der Waals surface area contributed by atoms with Crippen molar-refractivity contribution in [3.8, 4) is 11.6 Å². The number of halogens is 3. The Balaban J connectivity index is 2.24. The van der Waals surface area contributed by atoms with Crippen molar-refractivity contribution in [2.45, 2.75) is 58.5 Å². The lowest BCUT2D eigenvalue weighted by Crippen LogP contribution is -2.37. The van der Waals surface area contributed by atoms with Crippen LogP contribution >= 0.6 is 0 Å². The van der Waals surface area contributed by atoms with Gasteiger partial charge in [-0.3, -0.25) is 9.59 Å². The summed E-state index contributed by atoms with van der Waals surface area (Å²) in [6, 6.07) is 7.00. The number of pyridine rings is 1. The minimum Gasteiger partial charge on any atom is -0.469 e. The zero-order valence-electron chi connectivity index (χ0n) is 21.7. The molecule has 1 atom stereocenters. The predicted octanol–water partition coefficient (Wildman–Crippen LogP) is 5.16. The van der Waals surface area contributed by atoms with E-state index in [-0.39, 0.29) is 29.8 Å². The number of hydrogen-bond donors (Lipinski definition) is 2. The monoisotopic (exact) mass is 537 g/mol. The fraction of sp³-hybridized carbons (Fsp3) is 0.385. The summed E-state index contributed by atoms with van der Waals surface area (Å²) in [4.78, 5) is 39.8. The van der Waals surface area contributed by atoms with Gasteiger partial charge in [-0.05, 0) is 57.5 Å². The van der Waals surface area contributed by atoms with Crippen LogP contribution in [0.25, 0.3) is 0 Å². The molecule has 0 aliphatic rings. The summed E-state index contributed by atoms with van der Waals surface area (Å²) >= 11 is 0. The Labute approximate surface area is 218 Å². The normalized spacial score (nSPS) is 12.2. The van der Waals surface area contributed by atoms with Gasteiger partial charge in [0.05, 0.1) is 19.6 Å². The Morgan fingerprint density at radius 2 is 1.79 bits per heavy atom. The van der Waals surface area contributed by atoms with E-state index >= 15 is 0 Å². The zero-order chi connectivity index (χ0) is 28.7. The minimum atomic E-state index is -4.78. The first kappa shape index (κ1) is 30.1. The van der Waals surface area contributed by atoms with Crippen molar-refractivity contribution in [2.75, 3.05) is 7.11 Å². The van der Waals surface area contributed by atoms with Gasteiger partial charge in [-0.1, -0.05) is 18.2 Å². The van der Waals surface area contributed by atoms with E-state index in [2.05, 4.69) is 26.9 Å². The first-order valence-electron chi connectivity index (χ1n) is 11.4. The molecule has 0 spiro atoms. The number of alkyl carbamates (subject to hydrolysis) is 1. The van der Waals surface area contributed by atoms with Crippen molar-refractivity contribution in [3.63, 3.8) is 0 Å². The summed E-state index contributed by atoms with van der Waals surface area (Å²) in [6.07, 6.45) is -5.70. The molecule has 38 heavy (non-hydrogen) atoms. The molecule has 2 rings (SSSR count). The number of esters is 1. The van der Waals surface area contributed by atoms with Crippen LogP contribution < -0.4 is 15.4 Å². The number of benzene rings is 1. The average Bonchev–Trinajstić information content (AvgIpc) is 2.80. The van der Waals surface area contributed by atoms with Gasteiger partial charge in [0.25, 0.3) is 5.91 Å². The van der Waals surface area contributed by atoms with Crippen LogP contribution in [0.3, 0.4) is 0 Å². The maximum Gasteiger partial charge on any atom is 0.433 e. The Kier molecular flexibility index (Phi) is 9.86. The van der Waals surface area contributed by atoms with Gasteiger partial charge in [0.15, 0.2) is 0 Å². The second kappa shape index (κ2) is 12.4. The number of nitrogens with one attached hydrogen (secondary N) is 2. The summed E-state index contributed by atoms with van der Waals surface area (Å²) in [5, 5.41) is 5.05. The number of amides is 2. The quantitative estimate of drug-likeness (QED) is 0.336. The summed E-state index contributed by atoms with van der Waals surface area (Å²) < 4.78 is 55.6. The van der Waals surface area contributed by atoms with Crippen LogP contribution in [0.4, 0.5) is 18.0 Å². The van der Waals surface area contributed by atoms with Gasteiger partial charge in [0.1, 0.15) is 17.0 Å². The van der Waals surface area contributed by atoms with E-state index in [1.54, 1.807) is 27.7 Å². The van der Waals surface area contributed by atoms with Gasteiger partial charge >= 0.3 is 18.2 Å². The van der Waals surface area contributed by atoms with Crippen LogP contribution in [0.5, 0.6) is 11.6 Å². The molecule has 0 radical (unpaired) electrons. The Hall–Kier alpha value is -4.09. The molecule has 0 saturated carbocycles. The van der Waals surface area contributed by atoms with Crippen LogP contribution in [0.2, 0.25) is 0 Å². The number of hydrogen-bond acceptors (Lipinski definition) is 7. The standard InChI is InChI=1S/C26H30F3N3O6/c1-15(2)19(13-22(33)36-6)31-23(34)17-8-7-9-18(12-17)37-21-11-16(10-20(32-21)26(27,28)29)14-30-24(35)38-25(3,4)5/h7-12,19H,1,13-14H2,2-6H3,(H,30,35)(H,31,34)/t19-/m0/s1. The van der Waals surface area contributed by atoms with E-state index < -0.39 is 47.4 Å². The van der Waals surface area contributed by atoms with Gasteiger partial charge in [-0.25, -0.2) is 9.78 Å². The van der Waals surface area contributed by atoms with Gasteiger partial charge in [0, 0.05) is 18.2 Å². The van der Waals surface area contributed by atoms with Crippen molar-refractivity contribution >= 4 is 18.0 Å². The third kappa shape index (κ3) is 9.75. The topological polar surface area (TPSA) is 116 Å². The molecule has 0 fully saturated rings. The van der Waals surface area contributed by atoms with Crippen LogP contribution in [0.15, 0.2) is 48.6 Å². The number of aromatic nitrogens is 1. The lowest BCUT2D eigenvalue weighted by molar-refractivity contribution is -0.142. The molecule has 2 aromatic rings. The largest absolute Gasteiger partial charge is 0.469 e. The molecule has 1 aromatic carbocycles. The van der Waals surface area contributed by atoms with Crippen LogP contribution in [0, 0.1) is 0 Å². The molecular formula is C26H30F3N3O6. The maximum absolute atomic E-state index is 13.5. The molecular weight excluding hydrogens is 507 g/mol. The third-order valence-electron chi connectivity index (χ3n) is 4.81. The highest BCUT2D eigenvalue weighted by molar-refractivity contribution is 5.95. The van der Waals surface area contributed by atoms with E-state index in [0.29, 0.717) is 5.57 Å². The van der Waals surface area contributed by atoms with Crippen molar-refractivity contribution in [1.29, 1.82) is 0 Å². The summed E-state index contributed by atoms with van der Waals surface area (Å²) in [5.74, 6) is -1.46. The first-order valence-corrected chi connectivity index (χ1v) is 11.4. The molecule has 2 amide bonds. The number of carbonyl (C=O) groups is 3. The number of ether oxygens (including phenoxy) is 3. The predicted molar refractivity (Wildman–Crippen MR) is 132 cm³/mol. The fourth-order valence-corrected chi connectivity index (χ4v) is 3.01. The molecule has 1 aromatic heterocycles. The fourth-order valence-electron chi connectivity index (χ4n) is 3.01. The van der Waals surface area contributed by atoms with E-state index in [9.17, 15) is 27.6 Å². The highest BCUT2D eigenvalue weighted by Gasteiger charge is 2.33. The van der Waals surface area contributed by atoms with Gasteiger partial charge in [-0.2, -0.15) is 13.2 Å². The van der Waals surface area contributed by atoms with Gasteiger partial charge in [0.2, 0.25) is 5.88 Å². The Morgan fingerprint density at radius 3 is 2.37 bits per heavy atom. The average molecular weight is 538 g/mol. The lowest BCUT2D eigenvalue weighted by atomic mass is 10.1. The summed E-state index contributed by atoms with van der Waals surface area (Å²) in [6.45, 7) is 10.1. The smallest absolute Gasteiger partial charge is 0.433 e. The minimum absolute atomic E-state index is 0.0374. The molecule has 9 nitrogen and oxygen atoms in total. The molecule has 0 unspecified atom stereocenters. The van der Waals surface area contributed by atoms with Crippen molar-refractivity contribution in [1.82, 2.24) is 15.6 Å². The van der Waals surface area contributed by atoms with E-state index in [4.69, 9.17) is 9.47 Å². The van der Waals surface area contributed by atoms with Gasteiger partial charge in [-0.15, -0.1) is 0 Å². The second-order valence-electron chi connectivity index (χ2n) is 9.33. The Bertz CT molecular complexity index is 1190. The molecule has 0 bridgehead atoms. The maximum atomic E-state index is 13.5. The molecule has 0 aliphatic carbocycles. The first-order chi connectivity index (χ1) is 17.6. The second-order valence-corrected chi connectivity index (χ2v) is 9.33. The summed E-state index contributed by atoms with van der Waals surface area (Å²) in [5.41, 5.74) is -1.30. The molecule has 206 valence electrons. The number of carbonyl (C=O) groups excluding carboxylic acids is 3. The number of alkyl halides is 3. The number of rotatable bonds is 9. The number of nitrogens with zero attached hydrogens (tertiary/aromatic N) is 1. The number of methoxy groups -OCH3 is 1. The summed E-state index contributed by atoms with van der Waals surface area (Å²) in [7, 11) is 1.22. The van der Waals surface area contributed by atoms with E-state index in [1.807, 2.05) is 0 Å². The molecule has 1 heterocycles. The zero-order valence-corrected chi connectivity index (χ0v) is 21.7. The molecule has 2 N–H and O–H groups in total.